The molecule has 0 spiro atoms. The van der Waals surface area contributed by atoms with Crippen molar-refractivity contribution in [2.24, 2.45) is 0 Å². The first-order valence-corrected chi connectivity index (χ1v) is 8.66. The minimum Gasteiger partial charge on any atom is -0.506 e. The van der Waals surface area contributed by atoms with Crippen LogP contribution in [0, 0.1) is 12.7 Å². The summed E-state index contributed by atoms with van der Waals surface area (Å²) in [5.74, 6) is -0.0864. The summed E-state index contributed by atoms with van der Waals surface area (Å²) in [6, 6.07) is 9.45. The lowest BCUT2D eigenvalue weighted by Gasteiger charge is -2.28. The number of hydrogen-bond acceptors (Lipinski definition) is 6. The van der Waals surface area contributed by atoms with Crippen LogP contribution >= 0.6 is 0 Å². The Bertz CT molecular complexity index is 841. The minimum atomic E-state index is -0.384. The Morgan fingerprint density at radius 3 is 2.00 bits per heavy atom. The zero-order valence-corrected chi connectivity index (χ0v) is 15.0. The number of benzene rings is 2. The second-order valence-electron chi connectivity index (χ2n) is 6.76. The van der Waals surface area contributed by atoms with Crippen LogP contribution in [0.15, 0.2) is 61.2 Å². The van der Waals surface area contributed by atoms with E-state index in [2.05, 4.69) is 4.90 Å². The van der Waals surface area contributed by atoms with E-state index in [1.165, 1.54) is 18.2 Å². The molecule has 2 aromatic carbocycles. The summed E-state index contributed by atoms with van der Waals surface area (Å²) >= 11 is 0. The molecular formula is C20H21FN4O2. The van der Waals surface area contributed by atoms with Gasteiger partial charge in [-0.05, 0) is 36.8 Å². The summed E-state index contributed by atoms with van der Waals surface area (Å²) in [4.78, 5) is 7.93. The Kier molecular flexibility index (Phi) is 4.27. The van der Waals surface area contributed by atoms with Crippen LogP contribution in [0.1, 0.15) is 5.56 Å². The van der Waals surface area contributed by atoms with Gasteiger partial charge in [-0.1, -0.05) is 6.07 Å². The fraction of sp³-hybridized carbons (Fsp3) is 0.200. The number of phenolic OH excluding ortho intramolecular Hbond substituents is 2. The number of aryl methyl sites for hydroxylation is 1. The van der Waals surface area contributed by atoms with Gasteiger partial charge in [0.25, 0.3) is 0 Å². The van der Waals surface area contributed by atoms with E-state index in [-0.39, 0.29) is 17.3 Å². The van der Waals surface area contributed by atoms with Gasteiger partial charge in [0.1, 0.15) is 17.3 Å². The van der Waals surface area contributed by atoms with E-state index in [4.69, 9.17) is 0 Å². The van der Waals surface area contributed by atoms with Crippen LogP contribution in [0.2, 0.25) is 0 Å². The van der Waals surface area contributed by atoms with E-state index in [0.29, 0.717) is 25.7 Å². The summed E-state index contributed by atoms with van der Waals surface area (Å²) in [5.41, 5.74) is 2.30. The SMILES string of the molecule is Cc1ccc(O)c(N2C=CN(CN3C=CN(c4cc(F)ccc4O)C3)C2)c1. The molecule has 0 unspecified atom stereocenters. The Labute approximate surface area is 157 Å². The van der Waals surface area contributed by atoms with Crippen molar-refractivity contribution in [1.82, 2.24) is 9.80 Å². The summed E-state index contributed by atoms with van der Waals surface area (Å²) in [6.07, 6.45) is 7.63. The average molecular weight is 368 g/mol. The summed E-state index contributed by atoms with van der Waals surface area (Å²) in [6.45, 7) is 3.75. The Morgan fingerprint density at radius 1 is 0.815 bits per heavy atom. The molecule has 2 aliphatic rings. The molecule has 2 aromatic rings. The molecule has 0 aromatic heterocycles. The fourth-order valence-corrected chi connectivity index (χ4v) is 3.25. The quantitative estimate of drug-likeness (QED) is 0.864. The molecule has 6 nitrogen and oxygen atoms in total. The molecule has 0 saturated carbocycles. The standard InChI is InChI=1S/C20H21FN4O2/c1-15-2-4-19(26)17(10-15)24-8-6-22(13-24)12-23-7-9-25(14-23)18-11-16(21)3-5-20(18)27/h2-11,26-27H,12-14H2,1H3. The Hall–Kier alpha value is -3.35. The highest BCUT2D eigenvalue weighted by Gasteiger charge is 2.22. The van der Waals surface area contributed by atoms with Gasteiger partial charge < -0.3 is 29.8 Å². The van der Waals surface area contributed by atoms with E-state index in [0.717, 1.165) is 11.3 Å². The third-order valence-electron chi connectivity index (χ3n) is 4.63. The van der Waals surface area contributed by atoms with Crippen molar-refractivity contribution in [3.8, 4) is 11.5 Å². The van der Waals surface area contributed by atoms with Crippen molar-refractivity contribution in [2.75, 3.05) is 29.8 Å². The number of aromatic hydroxyl groups is 2. The van der Waals surface area contributed by atoms with Gasteiger partial charge in [-0.25, -0.2) is 4.39 Å². The lowest BCUT2D eigenvalue weighted by Crippen LogP contribution is -2.36. The fourth-order valence-electron chi connectivity index (χ4n) is 3.25. The molecule has 2 aliphatic heterocycles. The second kappa shape index (κ2) is 6.75. The topological polar surface area (TPSA) is 53.4 Å². The molecule has 0 aliphatic carbocycles. The normalized spacial score (nSPS) is 16.1. The molecule has 27 heavy (non-hydrogen) atoms. The molecule has 2 heterocycles. The Morgan fingerprint density at radius 2 is 1.37 bits per heavy atom. The minimum absolute atomic E-state index is 0.0464. The highest BCUT2D eigenvalue weighted by atomic mass is 19.1. The lowest BCUT2D eigenvalue weighted by molar-refractivity contribution is 0.250. The molecule has 2 N–H and O–H groups in total. The molecule has 0 bridgehead atoms. The van der Waals surface area contributed by atoms with Gasteiger partial charge in [-0.2, -0.15) is 0 Å². The first-order chi connectivity index (χ1) is 13.0. The van der Waals surface area contributed by atoms with Crippen molar-refractivity contribution in [2.45, 2.75) is 6.92 Å². The highest BCUT2D eigenvalue weighted by Crippen LogP contribution is 2.32. The number of phenols is 2. The zero-order chi connectivity index (χ0) is 19.0. The van der Waals surface area contributed by atoms with Crippen molar-refractivity contribution < 1.29 is 14.6 Å². The average Bonchev–Trinajstić information content (AvgIpc) is 3.29. The van der Waals surface area contributed by atoms with Gasteiger partial charge in [0.05, 0.1) is 31.4 Å². The summed E-state index contributed by atoms with van der Waals surface area (Å²) in [5, 5.41) is 20.1. The first-order valence-electron chi connectivity index (χ1n) is 8.66. The van der Waals surface area contributed by atoms with E-state index in [9.17, 15) is 14.6 Å². The van der Waals surface area contributed by atoms with Gasteiger partial charge >= 0.3 is 0 Å². The van der Waals surface area contributed by atoms with Crippen LogP contribution in [0.5, 0.6) is 11.5 Å². The summed E-state index contributed by atoms with van der Waals surface area (Å²) in [7, 11) is 0. The number of rotatable bonds is 4. The van der Waals surface area contributed by atoms with Crippen LogP contribution in [-0.4, -0.2) is 40.0 Å². The summed E-state index contributed by atoms with van der Waals surface area (Å²) < 4.78 is 13.5. The van der Waals surface area contributed by atoms with Gasteiger partial charge in [-0.3, -0.25) is 0 Å². The van der Waals surface area contributed by atoms with E-state index in [1.807, 2.05) is 53.7 Å². The van der Waals surface area contributed by atoms with Gasteiger partial charge in [0.2, 0.25) is 0 Å². The van der Waals surface area contributed by atoms with E-state index >= 15 is 0 Å². The molecule has 0 saturated heterocycles. The third kappa shape index (κ3) is 3.48. The number of nitrogens with zero attached hydrogens (tertiary/aromatic N) is 4. The smallest absolute Gasteiger partial charge is 0.139 e. The van der Waals surface area contributed by atoms with Crippen molar-refractivity contribution in [3.05, 3.63) is 72.6 Å². The van der Waals surface area contributed by atoms with Crippen molar-refractivity contribution in [3.63, 3.8) is 0 Å². The zero-order valence-electron chi connectivity index (χ0n) is 15.0. The third-order valence-corrected chi connectivity index (χ3v) is 4.63. The first kappa shape index (κ1) is 17.1. The molecule has 140 valence electrons. The van der Waals surface area contributed by atoms with Gasteiger partial charge in [0, 0.05) is 30.9 Å². The Balaban J connectivity index is 1.38. The number of hydrogen-bond donors (Lipinski definition) is 2. The molecule has 4 rings (SSSR count). The largest absolute Gasteiger partial charge is 0.506 e. The molecule has 0 fully saturated rings. The van der Waals surface area contributed by atoms with Crippen LogP contribution < -0.4 is 9.80 Å². The van der Waals surface area contributed by atoms with Crippen molar-refractivity contribution >= 4 is 11.4 Å². The molecular weight excluding hydrogens is 347 g/mol. The predicted molar refractivity (Wildman–Crippen MR) is 102 cm³/mol. The van der Waals surface area contributed by atoms with Gasteiger partial charge in [0.15, 0.2) is 0 Å². The van der Waals surface area contributed by atoms with Crippen LogP contribution in [0.4, 0.5) is 15.8 Å². The maximum Gasteiger partial charge on any atom is 0.139 e. The molecule has 0 radical (unpaired) electrons. The predicted octanol–water partition coefficient (Wildman–Crippen LogP) is 3.30. The van der Waals surface area contributed by atoms with Crippen LogP contribution in [0.3, 0.4) is 0 Å². The number of anilines is 2. The van der Waals surface area contributed by atoms with E-state index < -0.39 is 0 Å². The molecule has 7 heteroatoms. The number of halogens is 1. The molecule has 0 atom stereocenters. The maximum atomic E-state index is 13.5. The van der Waals surface area contributed by atoms with Crippen LogP contribution in [-0.2, 0) is 0 Å². The van der Waals surface area contributed by atoms with E-state index in [1.54, 1.807) is 11.0 Å². The van der Waals surface area contributed by atoms with Crippen molar-refractivity contribution in [1.29, 1.82) is 0 Å². The second-order valence-corrected chi connectivity index (χ2v) is 6.76. The van der Waals surface area contributed by atoms with Gasteiger partial charge in [-0.15, -0.1) is 0 Å². The van der Waals surface area contributed by atoms with Crippen LogP contribution in [0.25, 0.3) is 0 Å². The maximum absolute atomic E-state index is 13.5. The highest BCUT2D eigenvalue weighted by molar-refractivity contribution is 5.62. The lowest BCUT2D eigenvalue weighted by atomic mass is 10.2. The molecule has 0 amide bonds. The monoisotopic (exact) mass is 368 g/mol.